The Kier molecular flexibility index (Phi) is 5.44. The van der Waals surface area contributed by atoms with Crippen LogP contribution in [0.1, 0.15) is 18.1 Å². The highest BCUT2D eigenvalue weighted by atomic mass is 79.9. The lowest BCUT2D eigenvalue weighted by molar-refractivity contribution is 0.264. The molecule has 106 valence electrons. The monoisotopic (exact) mass is 336 g/mol. The Morgan fingerprint density at radius 1 is 0.950 bits per heavy atom. The second-order valence-electron chi connectivity index (χ2n) is 4.29. The average Bonchev–Trinajstić information content (AvgIpc) is 2.48. The summed E-state index contributed by atoms with van der Waals surface area (Å²) in [5, 5.41) is 9.15. The van der Waals surface area contributed by atoms with Gasteiger partial charge >= 0.3 is 0 Å². The first-order chi connectivity index (χ1) is 9.72. The summed E-state index contributed by atoms with van der Waals surface area (Å²) in [6.07, 6.45) is 0. The molecule has 0 spiro atoms. The van der Waals surface area contributed by atoms with Crippen molar-refractivity contribution in [3.63, 3.8) is 0 Å². The molecule has 0 aliphatic heterocycles. The molecule has 2 aromatic rings. The summed E-state index contributed by atoms with van der Waals surface area (Å²) >= 11 is 3.41. The molecule has 0 saturated carbocycles. The van der Waals surface area contributed by atoms with Crippen LogP contribution >= 0.6 is 15.9 Å². The number of benzene rings is 2. The summed E-state index contributed by atoms with van der Waals surface area (Å²) in [7, 11) is 0. The molecule has 0 aliphatic rings. The summed E-state index contributed by atoms with van der Waals surface area (Å²) in [4.78, 5) is 0. The van der Waals surface area contributed by atoms with E-state index in [4.69, 9.17) is 14.6 Å². The van der Waals surface area contributed by atoms with Crippen molar-refractivity contribution in [3.8, 4) is 11.5 Å². The van der Waals surface area contributed by atoms with Crippen molar-refractivity contribution in [1.82, 2.24) is 0 Å². The van der Waals surface area contributed by atoms with Gasteiger partial charge in [-0.2, -0.15) is 0 Å². The van der Waals surface area contributed by atoms with Gasteiger partial charge in [-0.05, 0) is 42.3 Å². The predicted molar refractivity (Wildman–Crippen MR) is 82.0 cm³/mol. The zero-order valence-electron chi connectivity index (χ0n) is 11.3. The normalized spacial score (nSPS) is 10.3. The molecular formula is C16H17BrO3. The van der Waals surface area contributed by atoms with Crippen molar-refractivity contribution >= 4 is 15.9 Å². The molecule has 0 amide bonds. The molecule has 0 fully saturated rings. The Hall–Kier alpha value is -1.52. The summed E-state index contributed by atoms with van der Waals surface area (Å²) < 4.78 is 12.4. The van der Waals surface area contributed by atoms with Gasteiger partial charge in [0.1, 0.15) is 6.61 Å². The van der Waals surface area contributed by atoms with Crippen LogP contribution in [0.3, 0.4) is 0 Å². The number of halogens is 1. The lowest BCUT2D eigenvalue weighted by Gasteiger charge is -2.13. The average molecular weight is 337 g/mol. The van der Waals surface area contributed by atoms with E-state index in [1.165, 1.54) is 0 Å². The van der Waals surface area contributed by atoms with E-state index in [0.717, 1.165) is 15.6 Å². The second-order valence-corrected chi connectivity index (χ2v) is 5.20. The molecule has 3 nitrogen and oxygen atoms in total. The number of hydrogen-bond donors (Lipinski definition) is 1. The summed E-state index contributed by atoms with van der Waals surface area (Å²) in [6.45, 7) is 2.95. The molecule has 0 radical (unpaired) electrons. The first-order valence-electron chi connectivity index (χ1n) is 6.46. The summed E-state index contributed by atoms with van der Waals surface area (Å²) in [5.41, 5.74) is 1.89. The third-order valence-electron chi connectivity index (χ3n) is 2.80. The largest absolute Gasteiger partial charge is 0.490 e. The van der Waals surface area contributed by atoms with Crippen LogP contribution in [0.25, 0.3) is 0 Å². The van der Waals surface area contributed by atoms with Crippen LogP contribution in [0.5, 0.6) is 11.5 Å². The molecule has 4 heteroatoms. The molecule has 0 bridgehead atoms. The van der Waals surface area contributed by atoms with Gasteiger partial charge in [0, 0.05) is 4.47 Å². The Balaban J connectivity index is 2.09. The Labute approximate surface area is 127 Å². The van der Waals surface area contributed by atoms with Gasteiger partial charge in [-0.15, -0.1) is 0 Å². The van der Waals surface area contributed by atoms with Crippen LogP contribution < -0.4 is 9.47 Å². The molecule has 2 aromatic carbocycles. The van der Waals surface area contributed by atoms with Crippen LogP contribution in [0, 0.1) is 0 Å². The molecule has 0 saturated heterocycles. The van der Waals surface area contributed by atoms with Crippen molar-refractivity contribution in [1.29, 1.82) is 0 Å². The lowest BCUT2D eigenvalue weighted by Crippen LogP contribution is -2.00. The van der Waals surface area contributed by atoms with Gasteiger partial charge in [-0.1, -0.05) is 34.1 Å². The molecule has 0 heterocycles. The van der Waals surface area contributed by atoms with E-state index >= 15 is 0 Å². The van der Waals surface area contributed by atoms with Crippen molar-refractivity contribution in [2.24, 2.45) is 0 Å². The molecular weight excluding hydrogens is 320 g/mol. The zero-order chi connectivity index (χ0) is 14.4. The van der Waals surface area contributed by atoms with Crippen molar-refractivity contribution in [3.05, 3.63) is 58.1 Å². The predicted octanol–water partition coefficient (Wildman–Crippen LogP) is 3.92. The van der Waals surface area contributed by atoms with E-state index in [2.05, 4.69) is 15.9 Å². The SMILES string of the molecule is CCOc1cc(CO)ccc1OCc1ccc(Br)cc1. The Morgan fingerprint density at radius 3 is 2.30 bits per heavy atom. The minimum absolute atomic E-state index is 0.00688. The Bertz CT molecular complexity index is 552. The van der Waals surface area contributed by atoms with Crippen LogP contribution in [0.2, 0.25) is 0 Å². The second kappa shape index (κ2) is 7.31. The number of hydrogen-bond acceptors (Lipinski definition) is 3. The highest BCUT2D eigenvalue weighted by Gasteiger charge is 2.06. The molecule has 0 atom stereocenters. The Morgan fingerprint density at radius 2 is 1.65 bits per heavy atom. The smallest absolute Gasteiger partial charge is 0.161 e. The maximum absolute atomic E-state index is 9.15. The molecule has 0 aliphatic carbocycles. The fourth-order valence-corrected chi connectivity index (χ4v) is 2.04. The highest BCUT2D eigenvalue weighted by molar-refractivity contribution is 9.10. The highest BCUT2D eigenvalue weighted by Crippen LogP contribution is 2.29. The third kappa shape index (κ3) is 3.99. The topological polar surface area (TPSA) is 38.7 Å². The molecule has 1 N–H and O–H groups in total. The minimum atomic E-state index is -0.00688. The van der Waals surface area contributed by atoms with Gasteiger partial charge in [0.15, 0.2) is 11.5 Å². The molecule has 20 heavy (non-hydrogen) atoms. The minimum Gasteiger partial charge on any atom is -0.490 e. The van der Waals surface area contributed by atoms with Crippen LogP contribution in [-0.2, 0) is 13.2 Å². The lowest BCUT2D eigenvalue weighted by atomic mass is 10.2. The first-order valence-corrected chi connectivity index (χ1v) is 7.26. The standard InChI is InChI=1S/C16H17BrO3/c1-2-19-16-9-13(10-18)5-8-15(16)20-11-12-3-6-14(17)7-4-12/h3-9,18H,2,10-11H2,1H3. The molecule has 0 aromatic heterocycles. The van der Waals surface area contributed by atoms with Gasteiger partial charge < -0.3 is 14.6 Å². The first kappa shape index (κ1) is 14.9. The van der Waals surface area contributed by atoms with Gasteiger partial charge in [0.05, 0.1) is 13.2 Å². The molecule has 0 unspecified atom stereocenters. The number of ether oxygens (including phenoxy) is 2. The summed E-state index contributed by atoms with van der Waals surface area (Å²) in [5.74, 6) is 1.35. The van der Waals surface area contributed by atoms with Gasteiger partial charge in [0.25, 0.3) is 0 Å². The van der Waals surface area contributed by atoms with E-state index in [-0.39, 0.29) is 6.61 Å². The quantitative estimate of drug-likeness (QED) is 0.868. The van der Waals surface area contributed by atoms with Gasteiger partial charge in [-0.25, -0.2) is 0 Å². The van der Waals surface area contributed by atoms with E-state index in [0.29, 0.717) is 24.7 Å². The van der Waals surface area contributed by atoms with E-state index in [1.54, 1.807) is 6.07 Å². The fraction of sp³-hybridized carbons (Fsp3) is 0.250. The maximum atomic E-state index is 9.15. The van der Waals surface area contributed by atoms with E-state index in [1.807, 2.05) is 43.3 Å². The van der Waals surface area contributed by atoms with Gasteiger partial charge in [0.2, 0.25) is 0 Å². The van der Waals surface area contributed by atoms with Crippen LogP contribution in [-0.4, -0.2) is 11.7 Å². The van der Waals surface area contributed by atoms with Crippen molar-refractivity contribution in [2.75, 3.05) is 6.61 Å². The number of rotatable bonds is 6. The van der Waals surface area contributed by atoms with Crippen molar-refractivity contribution in [2.45, 2.75) is 20.1 Å². The maximum Gasteiger partial charge on any atom is 0.161 e. The van der Waals surface area contributed by atoms with Gasteiger partial charge in [-0.3, -0.25) is 0 Å². The van der Waals surface area contributed by atoms with Crippen LogP contribution in [0.15, 0.2) is 46.9 Å². The van der Waals surface area contributed by atoms with E-state index < -0.39 is 0 Å². The number of aliphatic hydroxyl groups excluding tert-OH is 1. The van der Waals surface area contributed by atoms with Crippen molar-refractivity contribution < 1.29 is 14.6 Å². The molecule has 2 rings (SSSR count). The van der Waals surface area contributed by atoms with Crippen LogP contribution in [0.4, 0.5) is 0 Å². The zero-order valence-corrected chi connectivity index (χ0v) is 12.9. The van der Waals surface area contributed by atoms with E-state index in [9.17, 15) is 0 Å². The third-order valence-corrected chi connectivity index (χ3v) is 3.33. The number of aliphatic hydroxyl groups is 1. The fourth-order valence-electron chi connectivity index (χ4n) is 1.78. The summed E-state index contributed by atoms with van der Waals surface area (Å²) in [6, 6.07) is 13.4.